The van der Waals surface area contributed by atoms with E-state index in [9.17, 15) is 0 Å². The minimum atomic E-state index is 0.167. The molecule has 0 saturated heterocycles. The zero-order valence-electron chi connectivity index (χ0n) is 4.00. The Morgan fingerprint density at radius 3 is 2.50 bits per heavy atom. The van der Waals surface area contributed by atoms with Crippen molar-refractivity contribution >= 4 is 11.5 Å². The molecular weight excluding hydrogens is 106 g/mol. The van der Waals surface area contributed by atoms with Gasteiger partial charge in [0.1, 0.15) is 11.9 Å². The first kappa shape index (κ1) is 4.76. The molecular formula is C3H4N5. The van der Waals surface area contributed by atoms with E-state index in [0.717, 1.165) is 0 Å². The van der Waals surface area contributed by atoms with Gasteiger partial charge in [-0.15, -0.1) is 10.2 Å². The molecule has 0 aliphatic rings. The standard InChI is InChI=1S/C3H4N5/c4-2-1-6-8-7-3(2)5/h(H2,4,8)(H2,5,6,7). The van der Waals surface area contributed by atoms with Crippen LogP contribution in [0.2, 0.25) is 0 Å². The fraction of sp³-hybridized carbons (Fsp3) is 0. The first-order chi connectivity index (χ1) is 3.80. The molecule has 0 spiro atoms. The van der Waals surface area contributed by atoms with Crippen molar-refractivity contribution in [1.29, 1.82) is 0 Å². The zero-order chi connectivity index (χ0) is 5.98. The van der Waals surface area contributed by atoms with Crippen molar-refractivity contribution in [2.24, 2.45) is 0 Å². The summed E-state index contributed by atoms with van der Waals surface area (Å²) in [7, 11) is 0. The highest BCUT2D eigenvalue weighted by molar-refractivity contribution is 5.53. The normalized spacial score (nSPS) is 9.00. The Balaban J connectivity index is 3.13. The van der Waals surface area contributed by atoms with Crippen LogP contribution in [0.4, 0.5) is 11.5 Å². The van der Waals surface area contributed by atoms with Crippen molar-refractivity contribution in [3.63, 3.8) is 0 Å². The number of rotatable bonds is 0. The van der Waals surface area contributed by atoms with Gasteiger partial charge in [0.25, 0.3) is 0 Å². The van der Waals surface area contributed by atoms with Crippen LogP contribution >= 0.6 is 0 Å². The largest absolute Gasteiger partial charge is 0.394 e. The molecule has 1 heterocycles. The second kappa shape index (κ2) is 1.61. The van der Waals surface area contributed by atoms with Gasteiger partial charge in [-0.3, -0.25) is 0 Å². The van der Waals surface area contributed by atoms with Gasteiger partial charge in [0.2, 0.25) is 0 Å². The summed E-state index contributed by atoms with van der Waals surface area (Å²) < 4.78 is 0. The monoisotopic (exact) mass is 110 g/mol. The van der Waals surface area contributed by atoms with Crippen molar-refractivity contribution < 1.29 is 0 Å². The third-order valence-corrected chi connectivity index (χ3v) is 0.644. The Morgan fingerprint density at radius 1 is 1.38 bits per heavy atom. The Bertz CT molecular complexity index is 164. The Labute approximate surface area is 45.7 Å². The number of anilines is 2. The van der Waals surface area contributed by atoms with Gasteiger partial charge in [0, 0.05) is 0 Å². The van der Waals surface area contributed by atoms with Crippen LogP contribution in [-0.4, -0.2) is 15.4 Å². The summed E-state index contributed by atoms with van der Waals surface area (Å²) in [5.41, 5.74) is 10.6. The number of nitrogen functional groups attached to an aromatic ring is 2. The van der Waals surface area contributed by atoms with E-state index in [1.807, 2.05) is 0 Å². The molecule has 0 fully saturated rings. The average Bonchev–Trinajstić information content (AvgIpc) is 1.77. The summed E-state index contributed by atoms with van der Waals surface area (Å²) in [4.78, 5) is 0. The van der Waals surface area contributed by atoms with E-state index in [0.29, 0.717) is 0 Å². The number of nitrogens with zero attached hydrogens (tertiary/aromatic N) is 3. The third kappa shape index (κ3) is 0.651. The van der Waals surface area contributed by atoms with Gasteiger partial charge in [-0.25, -0.2) is 0 Å². The van der Waals surface area contributed by atoms with Gasteiger partial charge in [0.05, 0.1) is 0 Å². The summed E-state index contributed by atoms with van der Waals surface area (Å²) in [6.07, 6.45) is 2.33. The number of hydrogen-bond acceptors (Lipinski definition) is 5. The summed E-state index contributed by atoms with van der Waals surface area (Å²) in [6, 6.07) is 0. The van der Waals surface area contributed by atoms with E-state index in [1.54, 1.807) is 0 Å². The SMILES string of the molecule is Nc1[c]nnnc1N. The lowest BCUT2D eigenvalue weighted by Crippen LogP contribution is -2.00. The van der Waals surface area contributed by atoms with Crippen LogP contribution in [0.3, 0.4) is 0 Å². The number of hydrogen-bond donors (Lipinski definition) is 2. The lowest BCUT2D eigenvalue weighted by molar-refractivity contribution is 0.871. The maximum absolute atomic E-state index is 5.17. The van der Waals surface area contributed by atoms with Crippen LogP contribution in [0, 0.1) is 6.20 Å². The van der Waals surface area contributed by atoms with E-state index in [-0.39, 0.29) is 11.5 Å². The van der Waals surface area contributed by atoms with Gasteiger partial charge in [-0.1, -0.05) is 0 Å². The zero-order valence-corrected chi connectivity index (χ0v) is 4.00. The van der Waals surface area contributed by atoms with E-state index in [1.165, 1.54) is 0 Å². The Kier molecular flexibility index (Phi) is 0.957. The Morgan fingerprint density at radius 2 is 2.12 bits per heavy atom. The highest BCUT2D eigenvalue weighted by Crippen LogP contribution is 2.01. The lowest BCUT2D eigenvalue weighted by atomic mass is 10.5. The Hall–Kier alpha value is -1.39. The summed E-state index contributed by atoms with van der Waals surface area (Å²) >= 11 is 0. The number of aromatic nitrogens is 3. The van der Waals surface area contributed by atoms with Crippen molar-refractivity contribution in [2.75, 3.05) is 11.5 Å². The van der Waals surface area contributed by atoms with Gasteiger partial charge < -0.3 is 11.5 Å². The molecule has 4 N–H and O–H groups in total. The van der Waals surface area contributed by atoms with Gasteiger partial charge in [-0.2, -0.15) is 0 Å². The molecule has 1 radical (unpaired) electrons. The molecule has 5 heteroatoms. The van der Waals surface area contributed by atoms with Crippen molar-refractivity contribution in [3.05, 3.63) is 6.20 Å². The second-order valence-corrected chi connectivity index (χ2v) is 1.20. The van der Waals surface area contributed by atoms with Crippen LogP contribution < -0.4 is 11.5 Å². The smallest absolute Gasteiger partial charge is 0.173 e. The molecule has 1 aromatic heterocycles. The first-order valence-corrected chi connectivity index (χ1v) is 1.92. The van der Waals surface area contributed by atoms with Crippen LogP contribution in [-0.2, 0) is 0 Å². The predicted molar refractivity (Wildman–Crippen MR) is 27.5 cm³/mol. The quantitative estimate of drug-likeness (QED) is 0.439. The van der Waals surface area contributed by atoms with E-state index >= 15 is 0 Å². The minimum Gasteiger partial charge on any atom is -0.394 e. The van der Waals surface area contributed by atoms with Crippen LogP contribution in [0.5, 0.6) is 0 Å². The summed E-state index contributed by atoms with van der Waals surface area (Å²) in [6.45, 7) is 0. The lowest BCUT2D eigenvalue weighted by Gasteiger charge is -1.89. The molecule has 0 amide bonds. The maximum atomic E-state index is 5.17. The van der Waals surface area contributed by atoms with Gasteiger partial charge >= 0.3 is 0 Å². The molecule has 1 rings (SSSR count). The summed E-state index contributed by atoms with van der Waals surface area (Å²) in [5, 5.41) is 9.78. The molecule has 0 unspecified atom stereocenters. The molecule has 0 bridgehead atoms. The van der Waals surface area contributed by atoms with Crippen molar-refractivity contribution in [3.8, 4) is 0 Å². The predicted octanol–water partition coefficient (Wildman–Crippen LogP) is -1.16. The molecule has 1 aromatic rings. The molecule has 0 atom stereocenters. The van der Waals surface area contributed by atoms with E-state index in [2.05, 4.69) is 21.6 Å². The van der Waals surface area contributed by atoms with Crippen LogP contribution in [0.25, 0.3) is 0 Å². The van der Waals surface area contributed by atoms with Gasteiger partial charge in [-0.05, 0) is 5.21 Å². The fourth-order valence-corrected chi connectivity index (χ4v) is 0.258. The maximum Gasteiger partial charge on any atom is 0.173 e. The molecule has 0 aliphatic carbocycles. The molecule has 5 nitrogen and oxygen atoms in total. The highest BCUT2D eigenvalue weighted by atomic mass is 15.3. The first-order valence-electron chi connectivity index (χ1n) is 1.92. The molecule has 41 valence electrons. The molecule has 0 saturated carbocycles. The van der Waals surface area contributed by atoms with E-state index < -0.39 is 0 Å². The molecule has 0 aliphatic heterocycles. The summed E-state index contributed by atoms with van der Waals surface area (Å²) in [5.74, 6) is 0.167. The second-order valence-electron chi connectivity index (χ2n) is 1.20. The highest BCUT2D eigenvalue weighted by Gasteiger charge is 1.91. The van der Waals surface area contributed by atoms with Crippen molar-refractivity contribution in [2.45, 2.75) is 0 Å². The van der Waals surface area contributed by atoms with Crippen LogP contribution in [0.1, 0.15) is 0 Å². The topological polar surface area (TPSA) is 90.7 Å². The number of nitrogens with two attached hydrogens (primary N) is 2. The molecule has 8 heavy (non-hydrogen) atoms. The third-order valence-electron chi connectivity index (χ3n) is 0.644. The van der Waals surface area contributed by atoms with Crippen LogP contribution in [0.15, 0.2) is 0 Å². The fourth-order valence-electron chi connectivity index (χ4n) is 0.258. The average molecular weight is 110 g/mol. The minimum absolute atomic E-state index is 0.167. The van der Waals surface area contributed by atoms with Crippen molar-refractivity contribution in [1.82, 2.24) is 15.4 Å². The van der Waals surface area contributed by atoms with E-state index in [4.69, 9.17) is 11.5 Å². The molecule has 0 aromatic carbocycles. The van der Waals surface area contributed by atoms with Gasteiger partial charge in [0.15, 0.2) is 5.82 Å².